The summed E-state index contributed by atoms with van der Waals surface area (Å²) in [6, 6.07) is 18.3. The Labute approximate surface area is 167 Å². The molecule has 2 aliphatic carbocycles. The number of rotatable bonds is 0. The van der Waals surface area contributed by atoms with Crippen molar-refractivity contribution in [3.63, 3.8) is 0 Å². The molecule has 0 aromatic heterocycles. The van der Waals surface area contributed by atoms with Gasteiger partial charge in [-0.05, 0) is 0 Å². The first-order chi connectivity index (χ1) is 10.7. The van der Waals surface area contributed by atoms with Crippen LogP contribution in [0.1, 0.15) is 30.7 Å². The fourth-order valence-corrected chi connectivity index (χ4v) is 21.0. The SMILES string of the molecule is [CH3][Ge]1([CH3])[C]2=Cc3ccccc3[CH]2[Ti+2][CH]2[C]1=Cc1ccccc12.[Cl-].[Cl-]. The van der Waals surface area contributed by atoms with E-state index in [0.29, 0.717) is 0 Å². The zero-order chi connectivity index (χ0) is 14.9. The van der Waals surface area contributed by atoms with E-state index in [-0.39, 0.29) is 44.0 Å². The minimum Gasteiger partial charge on any atom is -1.00 e. The summed E-state index contributed by atoms with van der Waals surface area (Å²) in [5, 5.41) is 0. The Kier molecular flexibility index (Phi) is 5.01. The fraction of sp³-hybridized carbons (Fsp3) is 0.200. The number of fused-ring (bicyclic) bond motifs is 6. The van der Waals surface area contributed by atoms with Crippen LogP contribution in [-0.4, -0.2) is 13.3 Å². The minimum atomic E-state index is -2.08. The van der Waals surface area contributed by atoms with Gasteiger partial charge in [0.2, 0.25) is 0 Å². The Morgan fingerprint density at radius 2 is 1.12 bits per heavy atom. The van der Waals surface area contributed by atoms with E-state index in [4.69, 9.17) is 0 Å². The topological polar surface area (TPSA) is 0 Å². The van der Waals surface area contributed by atoms with Crippen molar-refractivity contribution in [3.8, 4) is 0 Å². The van der Waals surface area contributed by atoms with Gasteiger partial charge in [-0.15, -0.1) is 0 Å². The molecule has 1 fully saturated rings. The van der Waals surface area contributed by atoms with Crippen LogP contribution in [-0.2, 0) is 19.2 Å². The molecule has 0 amide bonds. The van der Waals surface area contributed by atoms with Gasteiger partial charge in [0.15, 0.2) is 0 Å². The number of halogens is 2. The van der Waals surface area contributed by atoms with Crippen LogP contribution in [0, 0.1) is 0 Å². The summed E-state index contributed by atoms with van der Waals surface area (Å²) in [4.78, 5) is 0. The van der Waals surface area contributed by atoms with Crippen LogP contribution in [0.3, 0.4) is 0 Å². The third-order valence-corrected chi connectivity index (χ3v) is 18.4. The molecule has 1 aliphatic heterocycles. The van der Waals surface area contributed by atoms with Crippen LogP contribution >= 0.6 is 0 Å². The molecule has 4 heteroatoms. The third-order valence-electron chi connectivity index (χ3n) is 5.63. The van der Waals surface area contributed by atoms with Crippen molar-refractivity contribution in [1.82, 2.24) is 0 Å². The van der Waals surface area contributed by atoms with Gasteiger partial charge in [-0.3, -0.25) is 0 Å². The van der Waals surface area contributed by atoms with Crippen LogP contribution in [0.15, 0.2) is 57.3 Å². The van der Waals surface area contributed by atoms with Gasteiger partial charge in [0, 0.05) is 0 Å². The molecule has 0 bridgehead atoms. The van der Waals surface area contributed by atoms with E-state index in [1.54, 1.807) is 11.1 Å². The molecule has 2 atom stereocenters. The number of hydrogen-bond acceptors (Lipinski definition) is 0. The largest absolute Gasteiger partial charge is 1.00 e. The average molecular weight is 450 g/mol. The van der Waals surface area contributed by atoms with Gasteiger partial charge in [0.05, 0.1) is 0 Å². The van der Waals surface area contributed by atoms with Gasteiger partial charge in [-0.2, -0.15) is 0 Å². The summed E-state index contributed by atoms with van der Waals surface area (Å²) in [5.41, 5.74) is 6.30. The Morgan fingerprint density at radius 3 is 1.58 bits per heavy atom. The summed E-state index contributed by atoms with van der Waals surface area (Å²) in [6.45, 7) is 0. The van der Waals surface area contributed by atoms with E-state index in [0.717, 1.165) is 8.45 Å². The van der Waals surface area contributed by atoms with Gasteiger partial charge >= 0.3 is 144 Å². The molecule has 5 rings (SSSR count). The molecule has 1 saturated heterocycles. The van der Waals surface area contributed by atoms with Gasteiger partial charge in [0.1, 0.15) is 0 Å². The van der Waals surface area contributed by atoms with Crippen molar-refractivity contribution in [3.05, 3.63) is 79.6 Å². The Morgan fingerprint density at radius 1 is 0.708 bits per heavy atom. The predicted molar refractivity (Wildman–Crippen MR) is 91.8 cm³/mol. The van der Waals surface area contributed by atoms with Gasteiger partial charge < -0.3 is 24.8 Å². The van der Waals surface area contributed by atoms with Crippen molar-refractivity contribution in [2.75, 3.05) is 0 Å². The zero-order valence-electron chi connectivity index (χ0n) is 13.7. The quantitative estimate of drug-likeness (QED) is 0.460. The molecule has 2 aromatic rings. The fourth-order valence-electron chi connectivity index (χ4n) is 4.42. The van der Waals surface area contributed by atoms with Crippen LogP contribution < -0.4 is 24.8 Å². The summed E-state index contributed by atoms with van der Waals surface area (Å²) in [5.74, 6) is 5.25. The second-order valence-corrected chi connectivity index (χ2v) is 18.7. The minimum absolute atomic E-state index is 0. The maximum Gasteiger partial charge on any atom is -1.00 e. The molecule has 0 spiro atoms. The maximum absolute atomic E-state index is 2.63. The molecule has 120 valence electrons. The zero-order valence-corrected chi connectivity index (χ0v) is 18.9. The van der Waals surface area contributed by atoms with E-state index in [9.17, 15) is 0 Å². The summed E-state index contributed by atoms with van der Waals surface area (Å²) in [7, 11) is 0. The maximum atomic E-state index is 2.63. The van der Waals surface area contributed by atoms with E-state index >= 15 is 0 Å². The van der Waals surface area contributed by atoms with E-state index < -0.39 is 13.3 Å². The molecule has 0 saturated carbocycles. The number of benzene rings is 2. The smallest absolute Gasteiger partial charge is 1.00 e. The van der Waals surface area contributed by atoms with Crippen molar-refractivity contribution in [2.24, 2.45) is 0 Å². The molecule has 2 aromatic carbocycles. The molecule has 0 radical (unpaired) electrons. The molecule has 1 heterocycles. The molecule has 0 nitrogen and oxygen atoms in total. The second-order valence-electron chi connectivity index (χ2n) is 7.11. The summed E-state index contributed by atoms with van der Waals surface area (Å²) >= 11 is -2.14. The predicted octanol–water partition coefficient (Wildman–Crippen LogP) is -0.846. The van der Waals surface area contributed by atoms with Crippen molar-refractivity contribution in [2.45, 2.75) is 20.0 Å². The molecule has 2 unspecified atom stereocenters. The second kappa shape index (κ2) is 6.49. The average Bonchev–Trinajstić information content (AvgIpc) is 3.08. The summed E-state index contributed by atoms with van der Waals surface area (Å²) < 4.78 is 5.33. The van der Waals surface area contributed by atoms with E-state index in [1.165, 1.54) is 11.1 Å². The first-order valence-electron chi connectivity index (χ1n) is 8.04. The van der Waals surface area contributed by atoms with Crippen LogP contribution in [0.4, 0.5) is 0 Å². The monoisotopic (exact) mass is 450 g/mol. The Bertz CT molecular complexity index is 800. The first-order valence-corrected chi connectivity index (χ1v) is 16.1. The van der Waals surface area contributed by atoms with Crippen LogP contribution in [0.2, 0.25) is 11.5 Å². The first kappa shape index (κ1) is 18.5. The molecular formula is C20H18Cl2GeTi. The van der Waals surface area contributed by atoms with Crippen LogP contribution in [0.5, 0.6) is 0 Å². The van der Waals surface area contributed by atoms with E-state index in [1.807, 2.05) is 8.81 Å². The number of hydrogen-bond donors (Lipinski definition) is 0. The molecule has 24 heavy (non-hydrogen) atoms. The molecule has 0 N–H and O–H groups in total. The van der Waals surface area contributed by atoms with Gasteiger partial charge in [0.25, 0.3) is 0 Å². The Hall–Kier alpha value is -0.243. The van der Waals surface area contributed by atoms with Gasteiger partial charge in [-0.25, -0.2) is 0 Å². The van der Waals surface area contributed by atoms with Crippen molar-refractivity contribution >= 4 is 25.4 Å². The standard InChI is InChI=1S/C20H18Ge.2ClH.Ti/c1-21(2,19-11-15-7-3-4-8-16(15)12-19)20-13-17-9-5-6-10-18(17)14-20;;;/h3-14H,1-2H3;2*1H;/q;;;+2/p-2. The normalized spacial score (nSPS) is 23.6. The van der Waals surface area contributed by atoms with E-state index in [2.05, 4.69) is 72.2 Å². The molecular weight excluding hydrogens is 432 g/mol. The summed E-state index contributed by atoms with van der Waals surface area (Å²) in [6.07, 6.45) is 5.15. The van der Waals surface area contributed by atoms with Crippen LogP contribution in [0.25, 0.3) is 12.2 Å². The van der Waals surface area contributed by atoms with Gasteiger partial charge in [-0.1, -0.05) is 0 Å². The van der Waals surface area contributed by atoms with Crippen molar-refractivity contribution in [1.29, 1.82) is 0 Å². The Balaban J connectivity index is 0.000000845. The number of allylic oxidation sites excluding steroid dienone is 2. The van der Waals surface area contributed by atoms with Crippen molar-refractivity contribution < 1.29 is 44.0 Å². The molecule has 3 aliphatic rings. The third kappa shape index (κ3) is 2.46.